The summed E-state index contributed by atoms with van der Waals surface area (Å²) in [4.78, 5) is 4.58. The van der Waals surface area contributed by atoms with E-state index in [2.05, 4.69) is 62.7 Å². The molecule has 0 saturated heterocycles. The molecule has 0 N–H and O–H groups in total. The molecule has 0 aromatic heterocycles. The predicted octanol–water partition coefficient (Wildman–Crippen LogP) is 6.33. The lowest BCUT2D eigenvalue weighted by Crippen LogP contribution is -2.09. The first kappa shape index (κ1) is 19.2. The summed E-state index contributed by atoms with van der Waals surface area (Å²) in [6.45, 7) is 14.8. The van der Waals surface area contributed by atoms with Crippen molar-refractivity contribution in [1.29, 1.82) is 0 Å². The maximum absolute atomic E-state index is 4.58. The Hall–Kier alpha value is -1.89. The van der Waals surface area contributed by atoms with Crippen LogP contribution in [0.25, 0.3) is 5.57 Å². The van der Waals surface area contributed by atoms with Crippen LogP contribution in [-0.2, 0) is 6.42 Å². The quantitative estimate of drug-likeness (QED) is 0.412. The SMILES string of the molecule is C=C(C)/C(=C/C)C(=NC)/C(=C/C)c1cccc(CCCC)c1C. The molecule has 0 aliphatic rings. The van der Waals surface area contributed by atoms with Crippen molar-refractivity contribution in [3.05, 3.63) is 64.8 Å². The van der Waals surface area contributed by atoms with Crippen molar-refractivity contribution in [3.8, 4) is 0 Å². The number of hydrogen-bond donors (Lipinski definition) is 0. The van der Waals surface area contributed by atoms with Crippen LogP contribution < -0.4 is 0 Å². The van der Waals surface area contributed by atoms with Crippen LogP contribution in [-0.4, -0.2) is 12.8 Å². The number of unbranched alkanes of at least 4 members (excludes halogenated alkanes) is 1. The Bertz CT molecular complexity index is 642. The molecule has 1 aromatic rings. The summed E-state index contributed by atoms with van der Waals surface area (Å²) in [6.07, 6.45) is 7.87. The second-order valence-electron chi connectivity index (χ2n) is 5.95. The maximum Gasteiger partial charge on any atom is 0.0717 e. The standard InChI is InChI=1S/C22H31N/c1-8-11-13-18-14-12-15-21(17(18)6)20(10-3)22(23-7)19(9-2)16(4)5/h9-10,12,14-15H,4,8,11,13H2,1-3,5-7H3/b19-9-,20-10+,23-22?. The second-order valence-corrected chi connectivity index (χ2v) is 5.95. The molecule has 0 spiro atoms. The molecule has 23 heavy (non-hydrogen) atoms. The van der Waals surface area contributed by atoms with Crippen molar-refractivity contribution in [1.82, 2.24) is 0 Å². The zero-order valence-corrected chi connectivity index (χ0v) is 15.7. The largest absolute Gasteiger partial charge is 0.287 e. The molecular formula is C22H31N. The highest BCUT2D eigenvalue weighted by Crippen LogP contribution is 2.28. The van der Waals surface area contributed by atoms with E-state index in [1.54, 1.807) is 0 Å². The van der Waals surface area contributed by atoms with Crippen LogP contribution in [0.2, 0.25) is 0 Å². The van der Waals surface area contributed by atoms with Crippen molar-refractivity contribution >= 4 is 11.3 Å². The number of nitrogens with zero attached hydrogens (tertiary/aromatic N) is 1. The maximum atomic E-state index is 4.58. The molecule has 1 rings (SSSR count). The Labute approximate surface area is 142 Å². The normalized spacial score (nSPS) is 13.4. The summed E-state index contributed by atoms with van der Waals surface area (Å²) in [6, 6.07) is 6.62. The average molecular weight is 309 g/mol. The van der Waals surface area contributed by atoms with Crippen molar-refractivity contribution in [2.45, 2.75) is 53.9 Å². The summed E-state index contributed by atoms with van der Waals surface area (Å²) >= 11 is 0. The van der Waals surface area contributed by atoms with Crippen LogP contribution in [0, 0.1) is 6.92 Å². The topological polar surface area (TPSA) is 12.4 Å². The molecule has 0 atom stereocenters. The molecular weight excluding hydrogens is 278 g/mol. The third-order valence-electron chi connectivity index (χ3n) is 4.31. The van der Waals surface area contributed by atoms with Gasteiger partial charge in [0.05, 0.1) is 5.71 Å². The fourth-order valence-corrected chi connectivity index (χ4v) is 3.00. The fourth-order valence-electron chi connectivity index (χ4n) is 3.00. The van der Waals surface area contributed by atoms with Gasteiger partial charge in [-0.15, -0.1) is 0 Å². The van der Waals surface area contributed by atoms with Crippen LogP contribution in [0.1, 0.15) is 57.2 Å². The van der Waals surface area contributed by atoms with Crippen molar-refractivity contribution < 1.29 is 0 Å². The van der Waals surface area contributed by atoms with E-state index in [1.165, 1.54) is 35.1 Å². The molecule has 1 aromatic carbocycles. The Morgan fingerprint density at radius 3 is 2.39 bits per heavy atom. The van der Waals surface area contributed by atoms with Crippen molar-refractivity contribution in [3.63, 3.8) is 0 Å². The summed E-state index contributed by atoms with van der Waals surface area (Å²) < 4.78 is 0. The van der Waals surface area contributed by atoms with Crippen LogP contribution in [0.4, 0.5) is 0 Å². The van der Waals surface area contributed by atoms with Gasteiger partial charge in [0.25, 0.3) is 0 Å². The molecule has 124 valence electrons. The van der Waals surface area contributed by atoms with Gasteiger partial charge in [0.15, 0.2) is 0 Å². The average Bonchev–Trinajstić information content (AvgIpc) is 2.54. The molecule has 1 heteroatoms. The molecule has 0 saturated carbocycles. The molecule has 0 bridgehead atoms. The van der Waals surface area contributed by atoms with E-state index in [0.29, 0.717) is 0 Å². The molecule has 1 nitrogen and oxygen atoms in total. The minimum atomic E-state index is 1.03. The first-order valence-electron chi connectivity index (χ1n) is 8.56. The van der Waals surface area contributed by atoms with Gasteiger partial charge in [0, 0.05) is 12.6 Å². The third kappa shape index (κ3) is 4.54. The lowest BCUT2D eigenvalue weighted by atomic mass is 9.87. The first-order chi connectivity index (χ1) is 11.0. The van der Waals surface area contributed by atoms with Gasteiger partial charge in [-0.3, -0.25) is 4.99 Å². The number of allylic oxidation sites excluding steroid dienone is 5. The fraction of sp³-hybridized carbons (Fsp3) is 0.409. The third-order valence-corrected chi connectivity index (χ3v) is 4.31. The molecule has 0 radical (unpaired) electrons. The van der Waals surface area contributed by atoms with Gasteiger partial charge >= 0.3 is 0 Å². The number of aliphatic imine (C=N–C) groups is 1. The van der Waals surface area contributed by atoms with Crippen LogP contribution in [0.3, 0.4) is 0 Å². The number of benzene rings is 1. The van der Waals surface area contributed by atoms with E-state index < -0.39 is 0 Å². The van der Waals surface area contributed by atoms with Gasteiger partial charge in [0.2, 0.25) is 0 Å². The zero-order chi connectivity index (χ0) is 17.4. The lowest BCUT2D eigenvalue weighted by molar-refractivity contribution is 0.791. The summed E-state index contributed by atoms with van der Waals surface area (Å²) in [5, 5.41) is 0. The van der Waals surface area contributed by atoms with Crippen LogP contribution >= 0.6 is 0 Å². The first-order valence-corrected chi connectivity index (χ1v) is 8.56. The van der Waals surface area contributed by atoms with Gasteiger partial charge in [-0.05, 0) is 68.4 Å². The van der Waals surface area contributed by atoms with E-state index in [9.17, 15) is 0 Å². The van der Waals surface area contributed by atoms with E-state index >= 15 is 0 Å². The Morgan fingerprint density at radius 2 is 1.91 bits per heavy atom. The molecule has 0 fully saturated rings. The predicted molar refractivity (Wildman–Crippen MR) is 105 cm³/mol. The van der Waals surface area contributed by atoms with Gasteiger partial charge in [-0.25, -0.2) is 0 Å². The highest BCUT2D eigenvalue weighted by molar-refractivity contribution is 6.33. The van der Waals surface area contributed by atoms with Gasteiger partial charge in [-0.1, -0.05) is 50.3 Å². The Kier molecular flexibility index (Phi) is 7.74. The van der Waals surface area contributed by atoms with Crippen LogP contribution in [0.15, 0.2) is 53.1 Å². The van der Waals surface area contributed by atoms with Gasteiger partial charge in [-0.2, -0.15) is 0 Å². The summed E-state index contributed by atoms with van der Waals surface area (Å²) in [5.74, 6) is 0. The zero-order valence-electron chi connectivity index (χ0n) is 15.7. The minimum Gasteiger partial charge on any atom is -0.287 e. The Morgan fingerprint density at radius 1 is 1.22 bits per heavy atom. The molecule has 0 heterocycles. The Balaban J connectivity index is 3.39. The molecule has 0 amide bonds. The lowest BCUT2D eigenvalue weighted by Gasteiger charge is -2.18. The van der Waals surface area contributed by atoms with Crippen LogP contribution in [0.5, 0.6) is 0 Å². The van der Waals surface area contributed by atoms with E-state index in [0.717, 1.165) is 23.3 Å². The second kappa shape index (κ2) is 9.29. The van der Waals surface area contributed by atoms with Gasteiger partial charge in [0.1, 0.15) is 0 Å². The molecule has 0 unspecified atom stereocenters. The highest BCUT2D eigenvalue weighted by atomic mass is 14.7. The number of aryl methyl sites for hydroxylation is 1. The van der Waals surface area contributed by atoms with Gasteiger partial charge < -0.3 is 0 Å². The van der Waals surface area contributed by atoms with Crippen molar-refractivity contribution in [2.75, 3.05) is 7.05 Å². The molecule has 0 aliphatic carbocycles. The number of hydrogen-bond acceptors (Lipinski definition) is 1. The number of rotatable bonds is 7. The summed E-state index contributed by atoms with van der Waals surface area (Å²) in [5.41, 5.74) is 8.48. The molecule has 0 aliphatic heterocycles. The monoisotopic (exact) mass is 309 g/mol. The summed E-state index contributed by atoms with van der Waals surface area (Å²) in [7, 11) is 1.86. The highest BCUT2D eigenvalue weighted by Gasteiger charge is 2.16. The van der Waals surface area contributed by atoms with E-state index in [4.69, 9.17) is 0 Å². The smallest absolute Gasteiger partial charge is 0.0717 e. The van der Waals surface area contributed by atoms with Crippen molar-refractivity contribution in [2.24, 2.45) is 4.99 Å². The van der Waals surface area contributed by atoms with E-state index in [1.807, 2.05) is 20.9 Å². The minimum absolute atomic E-state index is 1.03. The van der Waals surface area contributed by atoms with E-state index in [-0.39, 0.29) is 0 Å².